The highest BCUT2D eigenvalue weighted by Crippen LogP contribution is 2.52. The van der Waals surface area contributed by atoms with E-state index in [1.54, 1.807) is 4.90 Å². The Morgan fingerprint density at radius 1 is 1.21 bits per heavy atom. The van der Waals surface area contributed by atoms with Crippen LogP contribution in [0.3, 0.4) is 0 Å². The molecule has 4 aliphatic heterocycles. The Morgan fingerprint density at radius 2 is 2.04 bits per heavy atom. The standard InChI is InChI=1S/C34H33ClF4N6O2S/c1-16-11-34(8-4-9-44(34)13-16)15-47-33-42-27-24-28(46-14-21-17(30(38)39)5-2-3-10-45(21)32(24)43-33)25(35)23(26(27)37)18-6-7-20(36)29-22(18)19(12-40)31(41)48-29/h6-7,16-17,21,30H,2-5,8-11,13-15,41H2,1H3/t16-,17?,21?,34?/m1/s1. The highest BCUT2D eigenvalue weighted by atomic mass is 35.5. The van der Waals surface area contributed by atoms with E-state index in [-0.39, 0.29) is 77.4 Å². The van der Waals surface area contributed by atoms with Crippen molar-refractivity contribution in [1.29, 1.82) is 5.26 Å². The van der Waals surface area contributed by atoms with Gasteiger partial charge in [0.25, 0.3) is 0 Å². The van der Waals surface area contributed by atoms with Gasteiger partial charge in [-0.1, -0.05) is 31.0 Å². The second kappa shape index (κ2) is 11.8. The molecule has 3 saturated heterocycles. The molecule has 0 saturated carbocycles. The third-order valence-electron chi connectivity index (χ3n) is 10.7. The molecule has 48 heavy (non-hydrogen) atoms. The summed E-state index contributed by atoms with van der Waals surface area (Å²) in [5.74, 6) is -1.73. The van der Waals surface area contributed by atoms with Crippen LogP contribution in [0.5, 0.6) is 11.8 Å². The molecule has 0 spiro atoms. The summed E-state index contributed by atoms with van der Waals surface area (Å²) in [4.78, 5) is 13.6. The molecule has 8 nitrogen and oxygen atoms in total. The van der Waals surface area contributed by atoms with Gasteiger partial charge in [0, 0.05) is 30.0 Å². The maximum absolute atomic E-state index is 17.2. The van der Waals surface area contributed by atoms with E-state index >= 15 is 8.78 Å². The molecule has 2 aromatic heterocycles. The molecule has 0 radical (unpaired) electrons. The van der Waals surface area contributed by atoms with Crippen molar-refractivity contribution < 1.29 is 27.0 Å². The van der Waals surface area contributed by atoms with Crippen molar-refractivity contribution in [2.75, 3.05) is 43.5 Å². The Morgan fingerprint density at radius 3 is 2.83 bits per heavy atom. The van der Waals surface area contributed by atoms with Gasteiger partial charge in [-0.3, -0.25) is 4.90 Å². The molecule has 4 aliphatic rings. The maximum atomic E-state index is 17.2. The molecule has 0 aliphatic carbocycles. The maximum Gasteiger partial charge on any atom is 0.319 e. The average Bonchev–Trinajstić information content (AvgIpc) is 3.59. The lowest BCUT2D eigenvalue weighted by Crippen LogP contribution is -2.46. The number of anilines is 2. The van der Waals surface area contributed by atoms with Gasteiger partial charge < -0.3 is 20.1 Å². The monoisotopic (exact) mass is 700 g/mol. The molecule has 0 amide bonds. The van der Waals surface area contributed by atoms with Crippen molar-refractivity contribution in [2.24, 2.45) is 11.8 Å². The molecule has 2 N–H and O–H groups in total. The van der Waals surface area contributed by atoms with Gasteiger partial charge in [0.05, 0.1) is 32.3 Å². The third-order valence-corrected chi connectivity index (χ3v) is 12.1. The lowest BCUT2D eigenvalue weighted by molar-refractivity contribution is 0.0484. The number of nitrogens with two attached hydrogens (primary N) is 1. The van der Waals surface area contributed by atoms with Gasteiger partial charge in [-0.25, -0.2) is 17.6 Å². The minimum Gasteiger partial charge on any atom is -0.489 e. The molecular weight excluding hydrogens is 668 g/mol. The zero-order valence-corrected chi connectivity index (χ0v) is 27.7. The summed E-state index contributed by atoms with van der Waals surface area (Å²) in [6, 6.07) is 3.68. The number of nitrogens with zero attached hydrogens (tertiary/aromatic N) is 5. The SMILES string of the molecule is C[C@H]1CN2CCCC2(COc2nc3c4c(c(Cl)c(-c5ccc(F)c6sc(N)c(C#N)c56)c(F)c4n2)OCC2C(C(F)F)CCCCN32)C1. The van der Waals surface area contributed by atoms with Crippen molar-refractivity contribution in [3.8, 4) is 29.0 Å². The zero-order valence-electron chi connectivity index (χ0n) is 26.2. The first-order valence-corrected chi connectivity index (χ1v) is 17.5. The van der Waals surface area contributed by atoms with Crippen molar-refractivity contribution >= 4 is 54.7 Å². The Kier molecular flexibility index (Phi) is 7.77. The summed E-state index contributed by atoms with van der Waals surface area (Å²) in [6.45, 7) is 4.71. The summed E-state index contributed by atoms with van der Waals surface area (Å²) in [6.07, 6.45) is 1.87. The lowest BCUT2D eigenvalue weighted by Gasteiger charge is -2.34. The molecule has 8 rings (SSSR count). The normalized spacial score (nSPS) is 25.5. The number of fused-ring (bicyclic) bond motifs is 4. The van der Waals surface area contributed by atoms with Gasteiger partial charge in [0.2, 0.25) is 6.43 Å². The fourth-order valence-corrected chi connectivity index (χ4v) is 9.88. The fourth-order valence-electron chi connectivity index (χ4n) is 8.60. The zero-order chi connectivity index (χ0) is 33.5. The number of ether oxygens (including phenoxy) is 2. The van der Waals surface area contributed by atoms with E-state index in [2.05, 4.69) is 16.8 Å². The lowest BCUT2D eigenvalue weighted by atomic mass is 9.92. The Labute approximate surface area is 283 Å². The largest absolute Gasteiger partial charge is 0.489 e. The smallest absolute Gasteiger partial charge is 0.319 e. The van der Waals surface area contributed by atoms with Crippen LogP contribution in [0.4, 0.5) is 28.4 Å². The van der Waals surface area contributed by atoms with Crippen molar-refractivity contribution in [3.05, 3.63) is 34.4 Å². The number of hydrogen-bond acceptors (Lipinski definition) is 9. The van der Waals surface area contributed by atoms with Gasteiger partial charge in [-0.15, -0.1) is 11.3 Å². The molecule has 252 valence electrons. The number of thiophene rings is 1. The van der Waals surface area contributed by atoms with Crippen LogP contribution in [0.1, 0.15) is 51.0 Å². The summed E-state index contributed by atoms with van der Waals surface area (Å²) in [5, 5.41) is 10.1. The molecule has 4 atom stereocenters. The van der Waals surface area contributed by atoms with Gasteiger partial charge in [-0.05, 0) is 56.2 Å². The molecule has 3 fully saturated rings. The first-order valence-electron chi connectivity index (χ1n) is 16.3. The number of alkyl halides is 2. The Bertz CT molecular complexity index is 2000. The minimum absolute atomic E-state index is 0.00132. The molecular formula is C34H33ClF4N6O2S. The van der Waals surface area contributed by atoms with E-state index in [1.807, 2.05) is 6.07 Å². The van der Waals surface area contributed by atoms with Crippen molar-refractivity contribution in [3.63, 3.8) is 0 Å². The van der Waals surface area contributed by atoms with Crippen LogP contribution in [-0.4, -0.2) is 65.7 Å². The van der Waals surface area contributed by atoms with Gasteiger partial charge >= 0.3 is 6.01 Å². The van der Waals surface area contributed by atoms with E-state index < -0.39 is 30.0 Å². The van der Waals surface area contributed by atoms with E-state index in [0.717, 1.165) is 43.7 Å². The molecule has 2 aromatic carbocycles. The predicted molar refractivity (Wildman–Crippen MR) is 177 cm³/mol. The number of rotatable bonds is 5. The van der Waals surface area contributed by atoms with Crippen molar-refractivity contribution in [1.82, 2.24) is 14.9 Å². The fraction of sp³-hybridized carbons (Fsp3) is 0.500. The third kappa shape index (κ3) is 4.77. The summed E-state index contributed by atoms with van der Waals surface area (Å²) < 4.78 is 74.0. The first-order chi connectivity index (χ1) is 23.1. The summed E-state index contributed by atoms with van der Waals surface area (Å²) >= 11 is 7.89. The molecule has 14 heteroatoms. The van der Waals surface area contributed by atoms with E-state index in [1.165, 1.54) is 12.1 Å². The predicted octanol–water partition coefficient (Wildman–Crippen LogP) is 7.78. The van der Waals surface area contributed by atoms with E-state index in [0.29, 0.717) is 38.3 Å². The quantitative estimate of drug-likeness (QED) is 0.211. The van der Waals surface area contributed by atoms with E-state index in [9.17, 15) is 14.0 Å². The highest BCUT2D eigenvalue weighted by Gasteiger charge is 2.48. The number of benzene rings is 2. The number of aromatic nitrogens is 2. The minimum atomic E-state index is -2.62. The van der Waals surface area contributed by atoms with Crippen LogP contribution in [0, 0.1) is 34.8 Å². The first kappa shape index (κ1) is 31.7. The molecule has 4 aromatic rings. The second-order valence-corrected chi connectivity index (χ2v) is 15.0. The molecule has 6 heterocycles. The van der Waals surface area contributed by atoms with Crippen LogP contribution in [0.15, 0.2) is 12.1 Å². The number of nitriles is 1. The van der Waals surface area contributed by atoms with Crippen LogP contribution < -0.4 is 20.1 Å². The topological polar surface area (TPSA) is 101 Å². The average molecular weight is 701 g/mol. The van der Waals surface area contributed by atoms with Crippen LogP contribution in [0.25, 0.3) is 32.1 Å². The van der Waals surface area contributed by atoms with Gasteiger partial charge in [-0.2, -0.15) is 15.2 Å². The van der Waals surface area contributed by atoms with Crippen molar-refractivity contribution in [2.45, 2.75) is 63.5 Å². The Hall–Kier alpha value is -3.60. The Balaban J connectivity index is 1.36. The summed E-state index contributed by atoms with van der Waals surface area (Å²) in [5.41, 5.74) is 5.71. The highest BCUT2D eigenvalue weighted by molar-refractivity contribution is 7.23. The van der Waals surface area contributed by atoms with E-state index in [4.69, 9.17) is 31.8 Å². The van der Waals surface area contributed by atoms with Crippen LogP contribution in [0.2, 0.25) is 5.02 Å². The van der Waals surface area contributed by atoms with Crippen LogP contribution in [-0.2, 0) is 0 Å². The number of halogens is 5. The van der Waals surface area contributed by atoms with Gasteiger partial charge in [0.1, 0.15) is 41.4 Å². The molecule has 3 unspecified atom stereocenters. The van der Waals surface area contributed by atoms with Gasteiger partial charge in [0.15, 0.2) is 11.6 Å². The number of nitrogen functional groups attached to an aromatic ring is 1. The summed E-state index contributed by atoms with van der Waals surface area (Å²) in [7, 11) is 0. The van der Waals surface area contributed by atoms with Crippen LogP contribution >= 0.6 is 22.9 Å². The molecule has 0 bridgehead atoms. The number of hydrogen-bond donors (Lipinski definition) is 1. The second-order valence-electron chi connectivity index (χ2n) is 13.6.